The highest BCUT2D eigenvalue weighted by Gasteiger charge is 2.37. The lowest BCUT2D eigenvalue weighted by molar-refractivity contribution is 0.0115. The van der Waals surface area contributed by atoms with Gasteiger partial charge in [0, 0.05) is 86.3 Å². The zero-order chi connectivity index (χ0) is 26.6. The number of nitrogens with one attached hydrogen (secondary N) is 2. The van der Waals surface area contributed by atoms with Crippen LogP contribution in [0, 0.1) is 0 Å². The van der Waals surface area contributed by atoms with E-state index in [0.29, 0.717) is 13.1 Å². The summed E-state index contributed by atoms with van der Waals surface area (Å²) < 4.78 is 27.3. The summed E-state index contributed by atoms with van der Waals surface area (Å²) in [5.74, 6) is -2.61. The fraction of sp³-hybridized carbons (Fsp3) is 0.357. The molecule has 0 radical (unpaired) electrons. The Labute approximate surface area is 223 Å². The average Bonchev–Trinajstić information content (AvgIpc) is 3.64. The summed E-state index contributed by atoms with van der Waals surface area (Å²) in [7, 11) is 2.15. The van der Waals surface area contributed by atoms with E-state index >= 15 is 0 Å². The lowest BCUT2D eigenvalue weighted by Crippen LogP contribution is -2.44. The van der Waals surface area contributed by atoms with E-state index in [0.717, 1.165) is 76.3 Å². The van der Waals surface area contributed by atoms with Crippen molar-refractivity contribution in [1.82, 2.24) is 39.9 Å². The van der Waals surface area contributed by atoms with Gasteiger partial charge in [0.2, 0.25) is 0 Å². The maximum Gasteiger partial charge on any atom is 0.261 e. The van der Waals surface area contributed by atoms with Gasteiger partial charge in [-0.3, -0.25) is 20.0 Å². The molecule has 2 N–H and O–H groups in total. The zero-order valence-corrected chi connectivity index (χ0v) is 21.7. The standard InChI is InChI=1S/C28H29F2N9/c1-37-6-8-39(9-7-37)25-2-4-32-27-21(25)12-23(34-27)26-20-11-22(33-15-24(20)35-36-26)19-10-18(13-31-14-19)16-38-5-3-28(29,30)17-38/h2,4,10-15H,3,5-9,16-17H2,1H3,(H,32,34)(H,35,36). The van der Waals surface area contributed by atoms with Crippen LogP contribution >= 0.6 is 0 Å². The molecule has 2 aliphatic rings. The van der Waals surface area contributed by atoms with Gasteiger partial charge in [0.1, 0.15) is 11.3 Å². The van der Waals surface area contributed by atoms with Gasteiger partial charge in [-0.15, -0.1) is 0 Å². The highest BCUT2D eigenvalue weighted by atomic mass is 19.3. The van der Waals surface area contributed by atoms with Gasteiger partial charge >= 0.3 is 0 Å². The number of pyridine rings is 3. The second kappa shape index (κ2) is 9.35. The monoisotopic (exact) mass is 529 g/mol. The molecule has 2 saturated heterocycles. The summed E-state index contributed by atoms with van der Waals surface area (Å²) in [5, 5.41) is 9.71. The lowest BCUT2D eigenvalue weighted by atomic mass is 10.1. The number of fused-ring (bicyclic) bond motifs is 2. The van der Waals surface area contributed by atoms with Crippen molar-refractivity contribution in [3.63, 3.8) is 0 Å². The topological polar surface area (TPSA) is 92.9 Å². The predicted molar refractivity (Wildman–Crippen MR) is 147 cm³/mol. The first kappa shape index (κ1) is 24.1. The largest absolute Gasteiger partial charge is 0.368 e. The van der Waals surface area contributed by atoms with Crippen LogP contribution in [0.2, 0.25) is 0 Å². The number of likely N-dealkylation sites (N-methyl/N-ethyl adjacent to an activating group) is 1. The minimum Gasteiger partial charge on any atom is -0.368 e. The molecule has 0 atom stereocenters. The van der Waals surface area contributed by atoms with E-state index in [4.69, 9.17) is 0 Å². The third-order valence-corrected chi connectivity index (χ3v) is 7.80. The highest BCUT2D eigenvalue weighted by Crippen LogP contribution is 2.34. The molecule has 5 aromatic rings. The molecule has 0 saturated carbocycles. The van der Waals surface area contributed by atoms with Gasteiger partial charge in [0.25, 0.3) is 5.92 Å². The number of H-pyrrole nitrogens is 2. The molecule has 0 aliphatic carbocycles. The normalized spacial score (nSPS) is 18.5. The molecule has 0 bridgehead atoms. The van der Waals surface area contributed by atoms with E-state index in [1.165, 1.54) is 5.69 Å². The van der Waals surface area contributed by atoms with Crippen LogP contribution in [0.5, 0.6) is 0 Å². The molecular formula is C28H29F2N9. The summed E-state index contributed by atoms with van der Waals surface area (Å²) in [4.78, 5) is 23.6. The predicted octanol–water partition coefficient (Wildman–Crippen LogP) is 4.16. The third-order valence-electron chi connectivity index (χ3n) is 7.80. The van der Waals surface area contributed by atoms with Gasteiger partial charge in [-0.05, 0) is 36.9 Å². The Morgan fingerprint density at radius 2 is 1.85 bits per heavy atom. The summed E-state index contributed by atoms with van der Waals surface area (Å²) in [6.07, 6.45) is 7.01. The van der Waals surface area contributed by atoms with E-state index < -0.39 is 5.92 Å². The molecule has 0 spiro atoms. The Morgan fingerprint density at radius 3 is 2.67 bits per heavy atom. The van der Waals surface area contributed by atoms with Gasteiger partial charge in [-0.1, -0.05) is 0 Å². The maximum absolute atomic E-state index is 13.6. The fourth-order valence-electron chi connectivity index (χ4n) is 5.66. The minimum atomic E-state index is -2.61. The Bertz CT molecular complexity index is 1650. The molecule has 0 aromatic carbocycles. The first-order valence-corrected chi connectivity index (χ1v) is 13.2. The van der Waals surface area contributed by atoms with Crippen molar-refractivity contribution < 1.29 is 8.78 Å². The van der Waals surface area contributed by atoms with Crippen LogP contribution in [0.25, 0.3) is 44.6 Å². The van der Waals surface area contributed by atoms with Crippen molar-refractivity contribution in [3.8, 4) is 22.6 Å². The molecule has 200 valence electrons. The second-order valence-corrected chi connectivity index (χ2v) is 10.7. The van der Waals surface area contributed by atoms with Crippen LogP contribution in [0.1, 0.15) is 12.0 Å². The Hall–Kier alpha value is -3.96. The van der Waals surface area contributed by atoms with Crippen LogP contribution in [0.3, 0.4) is 0 Å². The number of anilines is 1. The number of rotatable bonds is 5. The van der Waals surface area contributed by atoms with E-state index in [2.05, 4.69) is 59.1 Å². The quantitative estimate of drug-likeness (QED) is 0.353. The van der Waals surface area contributed by atoms with Crippen LogP contribution < -0.4 is 4.90 Å². The van der Waals surface area contributed by atoms with Crippen LogP contribution in [-0.2, 0) is 6.54 Å². The Balaban J connectivity index is 1.21. The summed E-state index contributed by atoms with van der Waals surface area (Å²) >= 11 is 0. The van der Waals surface area contributed by atoms with Crippen molar-refractivity contribution >= 4 is 27.6 Å². The fourth-order valence-corrected chi connectivity index (χ4v) is 5.66. The van der Waals surface area contributed by atoms with Crippen molar-refractivity contribution in [3.05, 3.63) is 54.6 Å². The van der Waals surface area contributed by atoms with Gasteiger partial charge in [0.05, 0.1) is 29.6 Å². The van der Waals surface area contributed by atoms with E-state index in [1.807, 2.05) is 18.3 Å². The number of nitrogens with zero attached hydrogens (tertiary/aromatic N) is 7. The highest BCUT2D eigenvalue weighted by molar-refractivity contribution is 5.99. The van der Waals surface area contributed by atoms with Crippen LogP contribution in [0.15, 0.2) is 49.1 Å². The van der Waals surface area contributed by atoms with Crippen molar-refractivity contribution in [2.45, 2.75) is 18.9 Å². The zero-order valence-electron chi connectivity index (χ0n) is 21.7. The van der Waals surface area contributed by atoms with Crippen LogP contribution in [0.4, 0.5) is 14.5 Å². The number of hydrogen-bond donors (Lipinski definition) is 2. The van der Waals surface area contributed by atoms with Crippen molar-refractivity contribution in [1.29, 1.82) is 0 Å². The summed E-state index contributed by atoms with van der Waals surface area (Å²) in [5.41, 5.74) is 6.97. The van der Waals surface area contributed by atoms with Crippen LogP contribution in [-0.4, -0.2) is 92.2 Å². The van der Waals surface area contributed by atoms with Gasteiger partial charge in [0.15, 0.2) is 0 Å². The van der Waals surface area contributed by atoms with Gasteiger partial charge < -0.3 is 14.8 Å². The lowest BCUT2D eigenvalue weighted by Gasteiger charge is -2.34. The summed E-state index contributed by atoms with van der Waals surface area (Å²) in [6.45, 7) is 4.62. The molecule has 5 aromatic heterocycles. The molecule has 11 heteroatoms. The molecule has 39 heavy (non-hydrogen) atoms. The third kappa shape index (κ3) is 4.61. The molecule has 0 amide bonds. The smallest absolute Gasteiger partial charge is 0.261 e. The molecular weight excluding hydrogens is 500 g/mol. The average molecular weight is 530 g/mol. The maximum atomic E-state index is 13.6. The number of hydrogen-bond acceptors (Lipinski definition) is 7. The SMILES string of the molecule is CN1CCN(c2ccnc3[nH]c(-c4n[nH]c5cnc(-c6cncc(CN7CCC(F)(F)C7)c6)cc45)cc23)CC1. The number of halogens is 2. The molecule has 0 unspecified atom stereocenters. The molecule has 9 nitrogen and oxygen atoms in total. The minimum absolute atomic E-state index is 0.0955. The summed E-state index contributed by atoms with van der Waals surface area (Å²) in [6, 6.07) is 8.19. The van der Waals surface area contributed by atoms with Crippen molar-refractivity contribution in [2.24, 2.45) is 0 Å². The first-order chi connectivity index (χ1) is 18.9. The first-order valence-electron chi connectivity index (χ1n) is 13.2. The molecule has 2 fully saturated rings. The van der Waals surface area contributed by atoms with E-state index in [1.54, 1.807) is 23.5 Å². The van der Waals surface area contributed by atoms with Crippen molar-refractivity contribution in [2.75, 3.05) is 51.2 Å². The number of aromatic amines is 2. The number of alkyl halides is 2. The Morgan fingerprint density at radius 1 is 0.974 bits per heavy atom. The number of piperazine rings is 1. The molecule has 7 heterocycles. The van der Waals surface area contributed by atoms with Gasteiger partial charge in [-0.25, -0.2) is 13.8 Å². The second-order valence-electron chi connectivity index (χ2n) is 10.7. The number of likely N-dealkylation sites (tertiary alicyclic amines) is 1. The molecule has 7 rings (SSSR count). The Kier molecular flexibility index (Phi) is 5.78. The van der Waals surface area contributed by atoms with E-state index in [9.17, 15) is 8.78 Å². The van der Waals surface area contributed by atoms with E-state index in [-0.39, 0.29) is 13.0 Å². The molecule has 2 aliphatic heterocycles. The number of aromatic nitrogens is 6. The van der Waals surface area contributed by atoms with Gasteiger partial charge in [-0.2, -0.15) is 5.10 Å².